The van der Waals surface area contributed by atoms with Gasteiger partial charge in [-0.05, 0) is 25.3 Å². The van der Waals surface area contributed by atoms with Gasteiger partial charge in [-0.25, -0.2) is 4.98 Å². The summed E-state index contributed by atoms with van der Waals surface area (Å²) in [5.41, 5.74) is 1.51. The number of anilines is 1. The van der Waals surface area contributed by atoms with Gasteiger partial charge < -0.3 is 10.3 Å². The predicted octanol–water partition coefficient (Wildman–Crippen LogP) is 2.71. The van der Waals surface area contributed by atoms with Crippen LogP contribution in [0.15, 0.2) is 53.6 Å². The van der Waals surface area contributed by atoms with E-state index in [4.69, 9.17) is 0 Å². The first kappa shape index (κ1) is 16.3. The summed E-state index contributed by atoms with van der Waals surface area (Å²) in [6.45, 7) is 2.04. The van der Waals surface area contributed by atoms with E-state index in [0.29, 0.717) is 11.5 Å². The summed E-state index contributed by atoms with van der Waals surface area (Å²) < 4.78 is 1.78. The van der Waals surface area contributed by atoms with Crippen molar-refractivity contribution in [2.75, 3.05) is 5.32 Å². The van der Waals surface area contributed by atoms with Gasteiger partial charge in [0.2, 0.25) is 0 Å². The van der Waals surface area contributed by atoms with Crippen LogP contribution in [0, 0.1) is 0 Å². The second kappa shape index (κ2) is 6.59. The van der Waals surface area contributed by atoms with Gasteiger partial charge in [0, 0.05) is 18.2 Å². The van der Waals surface area contributed by atoms with Gasteiger partial charge in [0.05, 0.1) is 17.9 Å². The van der Waals surface area contributed by atoms with Crippen LogP contribution in [-0.2, 0) is 0 Å². The number of hydrogen-bond acceptors (Lipinski definition) is 4. The fourth-order valence-corrected chi connectivity index (χ4v) is 2.84. The summed E-state index contributed by atoms with van der Waals surface area (Å²) in [5, 5.41) is 7.09. The van der Waals surface area contributed by atoms with E-state index in [2.05, 4.69) is 20.4 Å². The Hall–Kier alpha value is -3.22. The number of carbonyl (C=O) groups excluding carboxylic acids is 1. The summed E-state index contributed by atoms with van der Waals surface area (Å²) in [6, 6.07) is 11.3. The fraction of sp³-hybridized carbons (Fsp3) is 0.263. The van der Waals surface area contributed by atoms with Crippen LogP contribution < -0.4 is 10.9 Å². The highest BCUT2D eigenvalue weighted by Gasteiger charge is 2.27. The zero-order valence-electron chi connectivity index (χ0n) is 14.3. The molecule has 4 rings (SSSR count). The lowest BCUT2D eigenvalue weighted by atomic mass is 10.1. The van der Waals surface area contributed by atoms with Crippen molar-refractivity contribution in [2.24, 2.45) is 0 Å². The maximum absolute atomic E-state index is 12.4. The van der Waals surface area contributed by atoms with Crippen LogP contribution in [0.3, 0.4) is 0 Å². The number of nitrogens with zero attached hydrogens (tertiary/aromatic N) is 3. The molecule has 1 saturated carbocycles. The molecule has 0 aliphatic heterocycles. The summed E-state index contributed by atoms with van der Waals surface area (Å²) in [7, 11) is 0. The van der Waals surface area contributed by atoms with Crippen LogP contribution in [0.5, 0.6) is 0 Å². The lowest BCUT2D eigenvalue weighted by molar-refractivity contribution is 0.102. The highest BCUT2D eigenvalue weighted by atomic mass is 16.2. The SMILES string of the molecule is C[C@@H](c1ccccc1)n1cc(NC(=O)c2cc(=O)[nH]c(C3CC3)n2)cn1. The predicted molar refractivity (Wildman–Crippen MR) is 97.3 cm³/mol. The van der Waals surface area contributed by atoms with E-state index in [0.717, 1.165) is 18.4 Å². The monoisotopic (exact) mass is 349 g/mol. The molecule has 1 aromatic carbocycles. The molecular formula is C19H19N5O2. The van der Waals surface area contributed by atoms with Crippen molar-refractivity contribution in [1.82, 2.24) is 19.7 Å². The van der Waals surface area contributed by atoms with Gasteiger partial charge in [0.15, 0.2) is 0 Å². The molecule has 1 fully saturated rings. The molecule has 0 spiro atoms. The van der Waals surface area contributed by atoms with Crippen molar-refractivity contribution in [2.45, 2.75) is 31.7 Å². The van der Waals surface area contributed by atoms with Gasteiger partial charge in [-0.1, -0.05) is 30.3 Å². The van der Waals surface area contributed by atoms with Gasteiger partial charge in [-0.3, -0.25) is 14.3 Å². The molecule has 1 atom stereocenters. The molecule has 0 radical (unpaired) electrons. The summed E-state index contributed by atoms with van der Waals surface area (Å²) >= 11 is 0. The quantitative estimate of drug-likeness (QED) is 0.741. The molecular weight excluding hydrogens is 330 g/mol. The first-order valence-electron chi connectivity index (χ1n) is 8.62. The molecule has 2 aromatic heterocycles. The normalized spacial score (nSPS) is 14.8. The van der Waals surface area contributed by atoms with Gasteiger partial charge in [-0.15, -0.1) is 0 Å². The molecule has 3 aromatic rings. The van der Waals surface area contributed by atoms with Crippen molar-refractivity contribution in [3.8, 4) is 0 Å². The molecule has 0 saturated heterocycles. The first-order valence-corrected chi connectivity index (χ1v) is 8.62. The molecule has 1 aliphatic rings. The smallest absolute Gasteiger partial charge is 0.274 e. The molecule has 7 nitrogen and oxygen atoms in total. The molecule has 2 N–H and O–H groups in total. The number of hydrogen-bond donors (Lipinski definition) is 2. The number of H-pyrrole nitrogens is 1. The molecule has 132 valence electrons. The Bertz CT molecular complexity index is 988. The largest absolute Gasteiger partial charge is 0.318 e. The Labute approximate surface area is 150 Å². The first-order chi connectivity index (χ1) is 12.6. The van der Waals surface area contributed by atoms with Crippen molar-refractivity contribution in [3.63, 3.8) is 0 Å². The second-order valence-electron chi connectivity index (χ2n) is 6.54. The lowest BCUT2D eigenvalue weighted by Crippen LogP contribution is -2.20. The minimum absolute atomic E-state index is 0.0426. The van der Waals surface area contributed by atoms with E-state index in [1.54, 1.807) is 17.1 Å². The Morgan fingerprint density at radius 1 is 1.31 bits per heavy atom. The van der Waals surface area contributed by atoms with E-state index in [1.165, 1.54) is 6.07 Å². The van der Waals surface area contributed by atoms with Crippen molar-refractivity contribution in [3.05, 3.63) is 76.2 Å². The van der Waals surface area contributed by atoms with Crippen molar-refractivity contribution >= 4 is 11.6 Å². The summed E-state index contributed by atoms with van der Waals surface area (Å²) in [5.74, 6) is 0.450. The Morgan fingerprint density at radius 3 is 2.81 bits per heavy atom. The van der Waals surface area contributed by atoms with E-state index >= 15 is 0 Å². The fourth-order valence-electron chi connectivity index (χ4n) is 2.84. The number of aromatic amines is 1. The maximum Gasteiger partial charge on any atom is 0.274 e. The van der Waals surface area contributed by atoms with Crippen LogP contribution in [0.25, 0.3) is 0 Å². The van der Waals surface area contributed by atoms with Gasteiger partial charge in [0.25, 0.3) is 11.5 Å². The second-order valence-corrected chi connectivity index (χ2v) is 6.54. The van der Waals surface area contributed by atoms with E-state index in [-0.39, 0.29) is 23.2 Å². The third-order valence-corrected chi connectivity index (χ3v) is 4.49. The van der Waals surface area contributed by atoms with Crippen LogP contribution >= 0.6 is 0 Å². The molecule has 0 bridgehead atoms. The Morgan fingerprint density at radius 2 is 2.08 bits per heavy atom. The average molecular weight is 349 g/mol. The maximum atomic E-state index is 12.4. The third-order valence-electron chi connectivity index (χ3n) is 4.49. The Kier molecular flexibility index (Phi) is 4.12. The molecule has 1 amide bonds. The van der Waals surface area contributed by atoms with Gasteiger partial charge in [-0.2, -0.15) is 5.10 Å². The topological polar surface area (TPSA) is 92.7 Å². The Balaban J connectivity index is 1.50. The van der Waals surface area contributed by atoms with E-state index in [9.17, 15) is 9.59 Å². The standard InChI is InChI=1S/C19H19N5O2/c1-12(13-5-3-2-4-6-13)24-11-15(10-20-24)21-19(26)16-9-17(25)23-18(22-16)14-7-8-14/h2-6,9-12,14H,7-8H2,1H3,(H,21,26)(H,22,23,25)/t12-/m0/s1. The summed E-state index contributed by atoms with van der Waals surface area (Å²) in [6.07, 6.45) is 5.35. The highest BCUT2D eigenvalue weighted by molar-refractivity contribution is 6.02. The van der Waals surface area contributed by atoms with E-state index < -0.39 is 5.91 Å². The number of carbonyl (C=O) groups is 1. The zero-order chi connectivity index (χ0) is 18.1. The molecule has 0 unspecified atom stereocenters. The minimum Gasteiger partial charge on any atom is -0.318 e. The number of aromatic nitrogens is 4. The number of rotatable bonds is 5. The van der Waals surface area contributed by atoms with Crippen LogP contribution in [0.1, 0.15) is 53.6 Å². The van der Waals surface area contributed by atoms with Crippen LogP contribution in [0.2, 0.25) is 0 Å². The van der Waals surface area contributed by atoms with Crippen LogP contribution in [0.4, 0.5) is 5.69 Å². The number of amides is 1. The van der Waals surface area contributed by atoms with Crippen molar-refractivity contribution in [1.29, 1.82) is 0 Å². The van der Waals surface area contributed by atoms with Crippen molar-refractivity contribution < 1.29 is 4.79 Å². The average Bonchev–Trinajstić information content (AvgIpc) is 3.41. The van der Waals surface area contributed by atoms with E-state index in [1.807, 2.05) is 37.3 Å². The molecule has 7 heteroatoms. The minimum atomic E-state index is -0.412. The highest BCUT2D eigenvalue weighted by Crippen LogP contribution is 2.37. The molecule has 26 heavy (non-hydrogen) atoms. The zero-order valence-corrected chi connectivity index (χ0v) is 14.3. The number of nitrogens with one attached hydrogen (secondary N) is 2. The molecule has 2 heterocycles. The lowest BCUT2D eigenvalue weighted by Gasteiger charge is -2.12. The number of benzene rings is 1. The molecule has 1 aliphatic carbocycles. The van der Waals surface area contributed by atoms with Gasteiger partial charge >= 0.3 is 0 Å². The third kappa shape index (κ3) is 3.42. The summed E-state index contributed by atoms with van der Waals surface area (Å²) in [4.78, 5) is 31.2. The van der Waals surface area contributed by atoms with Gasteiger partial charge in [0.1, 0.15) is 11.5 Å². The van der Waals surface area contributed by atoms with Crippen LogP contribution in [-0.4, -0.2) is 25.7 Å².